The lowest BCUT2D eigenvalue weighted by atomic mass is 9.89. The van der Waals surface area contributed by atoms with E-state index in [0.717, 1.165) is 30.8 Å². The van der Waals surface area contributed by atoms with Gasteiger partial charge in [-0.25, -0.2) is 0 Å². The number of aromatic amines is 1. The van der Waals surface area contributed by atoms with Gasteiger partial charge >= 0.3 is 0 Å². The fourth-order valence-electron chi connectivity index (χ4n) is 2.66. The maximum Gasteiger partial charge on any atom is 0.223 e. The first-order chi connectivity index (χ1) is 9.53. The highest BCUT2D eigenvalue weighted by atomic mass is 32.2. The number of carbonyl (C=O) groups excluding carboxylic acids is 1. The molecular weight excluding hydrogens is 274 g/mol. The lowest BCUT2D eigenvalue weighted by Gasteiger charge is -2.36. The Hall–Kier alpha value is -1.11. The molecule has 2 heterocycles. The van der Waals surface area contributed by atoms with Gasteiger partial charge < -0.3 is 5.32 Å². The van der Waals surface area contributed by atoms with Crippen molar-refractivity contribution in [1.29, 1.82) is 0 Å². The largest absolute Gasteiger partial charge is 0.343 e. The Kier molecular flexibility index (Phi) is 5.01. The normalized spacial score (nSPS) is 19.8. The summed E-state index contributed by atoms with van der Waals surface area (Å²) in [5.74, 6) is 3.24. The molecule has 2 rings (SSSR count). The molecule has 1 aliphatic heterocycles. The van der Waals surface area contributed by atoms with Crippen molar-refractivity contribution in [2.45, 2.75) is 45.6 Å². The van der Waals surface area contributed by atoms with Gasteiger partial charge in [0.25, 0.3) is 0 Å². The van der Waals surface area contributed by atoms with E-state index in [1.54, 1.807) is 0 Å². The second-order valence-electron chi connectivity index (χ2n) is 5.95. The van der Waals surface area contributed by atoms with Crippen LogP contribution in [0.2, 0.25) is 0 Å². The SMILES string of the molecule is CC(C)CC(C)C(=O)NC1(c2nn[nH]n2)CCSCC1. The van der Waals surface area contributed by atoms with Gasteiger partial charge in [-0.05, 0) is 36.7 Å². The maximum atomic E-state index is 12.4. The van der Waals surface area contributed by atoms with Gasteiger partial charge in [0, 0.05) is 5.92 Å². The maximum absolute atomic E-state index is 12.4. The topological polar surface area (TPSA) is 83.6 Å². The standard InChI is InChI=1S/C13H23N5OS/c1-9(2)8-10(3)11(19)14-13(4-6-20-7-5-13)12-15-17-18-16-12/h9-10H,4-8H2,1-3H3,(H,14,19)(H,15,16,17,18). The number of carbonyl (C=O) groups is 1. The predicted octanol–water partition coefficient (Wildman–Crippen LogP) is 1.72. The van der Waals surface area contributed by atoms with Crippen LogP contribution in [-0.4, -0.2) is 38.0 Å². The van der Waals surface area contributed by atoms with E-state index in [0.29, 0.717) is 11.7 Å². The van der Waals surface area contributed by atoms with E-state index in [4.69, 9.17) is 0 Å². The molecule has 0 aromatic carbocycles. The zero-order valence-corrected chi connectivity index (χ0v) is 13.2. The molecule has 20 heavy (non-hydrogen) atoms. The van der Waals surface area contributed by atoms with E-state index >= 15 is 0 Å². The minimum atomic E-state index is -0.444. The fraction of sp³-hybridized carbons (Fsp3) is 0.846. The Morgan fingerprint density at radius 3 is 2.65 bits per heavy atom. The third-order valence-electron chi connectivity index (χ3n) is 3.75. The lowest BCUT2D eigenvalue weighted by Crippen LogP contribution is -2.50. The fourth-order valence-corrected chi connectivity index (χ4v) is 3.85. The molecule has 1 aromatic rings. The van der Waals surface area contributed by atoms with Gasteiger partial charge in [0.1, 0.15) is 5.54 Å². The van der Waals surface area contributed by atoms with Crippen molar-refractivity contribution >= 4 is 17.7 Å². The molecule has 1 saturated heterocycles. The summed E-state index contributed by atoms with van der Waals surface area (Å²) >= 11 is 1.90. The third kappa shape index (κ3) is 3.50. The molecule has 0 spiro atoms. The Morgan fingerprint density at radius 1 is 1.40 bits per heavy atom. The summed E-state index contributed by atoms with van der Waals surface area (Å²) in [5.41, 5.74) is -0.444. The number of amides is 1. The molecule has 1 unspecified atom stereocenters. The summed E-state index contributed by atoms with van der Waals surface area (Å²) in [7, 11) is 0. The van der Waals surface area contributed by atoms with Crippen LogP contribution in [0.15, 0.2) is 0 Å². The molecule has 7 heteroatoms. The van der Waals surface area contributed by atoms with Crippen LogP contribution < -0.4 is 5.32 Å². The summed E-state index contributed by atoms with van der Waals surface area (Å²) in [5, 5.41) is 17.6. The van der Waals surface area contributed by atoms with Crippen LogP contribution in [0, 0.1) is 11.8 Å². The molecule has 6 nitrogen and oxygen atoms in total. The Morgan fingerprint density at radius 2 is 2.10 bits per heavy atom. The number of hydrogen-bond donors (Lipinski definition) is 2. The van der Waals surface area contributed by atoms with Crippen molar-refractivity contribution in [2.24, 2.45) is 11.8 Å². The number of aromatic nitrogens is 4. The van der Waals surface area contributed by atoms with E-state index in [2.05, 4.69) is 39.8 Å². The van der Waals surface area contributed by atoms with E-state index in [1.165, 1.54) is 0 Å². The Bertz CT molecular complexity index is 428. The molecule has 1 aromatic heterocycles. The number of hydrogen-bond acceptors (Lipinski definition) is 5. The van der Waals surface area contributed by atoms with E-state index in [1.807, 2.05) is 18.7 Å². The molecule has 1 aliphatic rings. The van der Waals surface area contributed by atoms with Gasteiger partial charge in [-0.1, -0.05) is 26.0 Å². The molecular formula is C13H23N5OS. The molecule has 0 saturated carbocycles. The number of nitrogens with one attached hydrogen (secondary N) is 2. The van der Waals surface area contributed by atoms with Crippen molar-refractivity contribution in [1.82, 2.24) is 25.9 Å². The molecule has 0 aliphatic carbocycles. The molecule has 112 valence electrons. The summed E-state index contributed by atoms with van der Waals surface area (Å²) in [6, 6.07) is 0. The smallest absolute Gasteiger partial charge is 0.223 e. The van der Waals surface area contributed by atoms with Crippen LogP contribution >= 0.6 is 11.8 Å². The molecule has 0 radical (unpaired) electrons. The minimum absolute atomic E-state index is 0.00774. The first-order valence-corrected chi connectivity index (χ1v) is 8.32. The molecule has 1 amide bonds. The van der Waals surface area contributed by atoms with Crippen molar-refractivity contribution in [3.8, 4) is 0 Å². The van der Waals surface area contributed by atoms with Crippen LogP contribution in [0.3, 0.4) is 0 Å². The average molecular weight is 297 g/mol. The van der Waals surface area contributed by atoms with Gasteiger partial charge in [0.2, 0.25) is 5.91 Å². The number of tetrazole rings is 1. The van der Waals surface area contributed by atoms with Crippen LogP contribution in [0.25, 0.3) is 0 Å². The monoisotopic (exact) mass is 297 g/mol. The quantitative estimate of drug-likeness (QED) is 0.864. The van der Waals surface area contributed by atoms with Crippen molar-refractivity contribution in [2.75, 3.05) is 11.5 Å². The van der Waals surface area contributed by atoms with Crippen LogP contribution in [0.1, 0.15) is 45.9 Å². The summed E-state index contributed by atoms with van der Waals surface area (Å²) in [4.78, 5) is 12.4. The van der Waals surface area contributed by atoms with Crippen molar-refractivity contribution in [3.63, 3.8) is 0 Å². The molecule has 1 fully saturated rings. The van der Waals surface area contributed by atoms with E-state index in [-0.39, 0.29) is 11.8 Å². The molecule has 0 bridgehead atoms. The van der Waals surface area contributed by atoms with E-state index in [9.17, 15) is 4.79 Å². The van der Waals surface area contributed by atoms with Crippen molar-refractivity contribution < 1.29 is 4.79 Å². The average Bonchev–Trinajstić information content (AvgIpc) is 2.93. The van der Waals surface area contributed by atoms with E-state index < -0.39 is 5.54 Å². The zero-order chi connectivity index (χ0) is 14.6. The summed E-state index contributed by atoms with van der Waals surface area (Å²) in [6.45, 7) is 6.25. The van der Waals surface area contributed by atoms with Gasteiger partial charge in [0.15, 0.2) is 5.82 Å². The zero-order valence-electron chi connectivity index (χ0n) is 12.3. The third-order valence-corrected chi connectivity index (χ3v) is 4.74. The molecule has 2 N–H and O–H groups in total. The highest BCUT2D eigenvalue weighted by Crippen LogP contribution is 2.34. The number of H-pyrrole nitrogens is 1. The first-order valence-electron chi connectivity index (χ1n) is 7.17. The number of thioether (sulfide) groups is 1. The second kappa shape index (κ2) is 6.56. The Balaban J connectivity index is 2.10. The predicted molar refractivity (Wildman–Crippen MR) is 79.2 cm³/mol. The lowest BCUT2D eigenvalue weighted by molar-refractivity contribution is -0.127. The molecule has 1 atom stereocenters. The van der Waals surface area contributed by atoms with Crippen LogP contribution in [0.5, 0.6) is 0 Å². The number of nitrogens with zero attached hydrogens (tertiary/aromatic N) is 3. The Labute approximate surface area is 123 Å². The number of rotatable bonds is 5. The van der Waals surface area contributed by atoms with Gasteiger partial charge in [-0.2, -0.15) is 17.0 Å². The van der Waals surface area contributed by atoms with Gasteiger partial charge in [0.05, 0.1) is 0 Å². The highest BCUT2D eigenvalue weighted by Gasteiger charge is 2.40. The minimum Gasteiger partial charge on any atom is -0.343 e. The summed E-state index contributed by atoms with van der Waals surface area (Å²) < 4.78 is 0. The van der Waals surface area contributed by atoms with Crippen LogP contribution in [0.4, 0.5) is 0 Å². The first kappa shape index (κ1) is 15.3. The van der Waals surface area contributed by atoms with Gasteiger partial charge in [-0.3, -0.25) is 4.79 Å². The van der Waals surface area contributed by atoms with Crippen LogP contribution in [-0.2, 0) is 10.3 Å². The summed E-state index contributed by atoms with van der Waals surface area (Å²) in [6.07, 6.45) is 2.61. The highest BCUT2D eigenvalue weighted by molar-refractivity contribution is 7.99. The van der Waals surface area contributed by atoms with Gasteiger partial charge in [-0.15, -0.1) is 10.2 Å². The van der Waals surface area contributed by atoms with Crippen molar-refractivity contribution in [3.05, 3.63) is 5.82 Å². The second-order valence-corrected chi connectivity index (χ2v) is 7.17.